The van der Waals surface area contributed by atoms with Crippen molar-refractivity contribution in [2.24, 2.45) is 0 Å². The Labute approximate surface area is 225 Å². The molecule has 2 saturated heterocycles. The molecule has 11 heteroatoms. The first kappa shape index (κ1) is 28.0. The molecule has 3 amide bonds. The largest absolute Gasteiger partial charge is 0.496 e. The second-order valence-electron chi connectivity index (χ2n) is 9.96. The highest BCUT2D eigenvalue weighted by Gasteiger charge is 2.41. The number of urea groups is 1. The first-order valence-electron chi connectivity index (χ1n) is 12.6. The van der Waals surface area contributed by atoms with Gasteiger partial charge >= 0.3 is 12.1 Å². The highest BCUT2D eigenvalue weighted by atomic mass is 35.5. The first-order valence-corrected chi connectivity index (χ1v) is 12.6. The molecule has 206 valence electrons. The highest BCUT2D eigenvalue weighted by molar-refractivity contribution is 5.92. The number of carbonyl (C=O) groups is 2. The van der Waals surface area contributed by atoms with Crippen LogP contribution in [0.15, 0.2) is 36.4 Å². The molecule has 2 aromatic rings. The van der Waals surface area contributed by atoms with Crippen LogP contribution < -0.4 is 10.1 Å². The van der Waals surface area contributed by atoms with Gasteiger partial charge in [-0.2, -0.15) is 0 Å². The molecule has 2 aromatic carbocycles. The molecule has 3 fully saturated rings. The highest BCUT2D eigenvalue weighted by Crippen LogP contribution is 2.39. The van der Waals surface area contributed by atoms with Crippen molar-refractivity contribution in [3.05, 3.63) is 65.0 Å². The lowest BCUT2D eigenvalue weighted by molar-refractivity contribution is 0.155. The molecule has 0 spiro atoms. The van der Waals surface area contributed by atoms with E-state index in [0.717, 1.165) is 61.2 Å². The van der Waals surface area contributed by atoms with Gasteiger partial charge in [0, 0.05) is 31.2 Å². The number of nitrogens with one attached hydrogen (secondary N) is 1. The summed E-state index contributed by atoms with van der Waals surface area (Å²) in [5.41, 5.74) is 1.34. The molecule has 2 aliphatic heterocycles. The average molecular weight is 554 g/mol. The van der Waals surface area contributed by atoms with Crippen molar-refractivity contribution in [3.63, 3.8) is 0 Å². The van der Waals surface area contributed by atoms with Crippen molar-refractivity contribution in [2.45, 2.75) is 56.1 Å². The molecule has 38 heavy (non-hydrogen) atoms. The van der Waals surface area contributed by atoms with Crippen molar-refractivity contribution in [3.8, 4) is 5.75 Å². The maximum atomic E-state index is 13.7. The van der Waals surface area contributed by atoms with E-state index in [1.54, 1.807) is 7.11 Å². The zero-order chi connectivity index (χ0) is 26.1. The second-order valence-corrected chi connectivity index (χ2v) is 9.96. The molecule has 1 saturated carbocycles. The minimum Gasteiger partial charge on any atom is -0.496 e. The topological polar surface area (TPSA) is 71.1 Å². The summed E-state index contributed by atoms with van der Waals surface area (Å²) in [7, 11) is 1.56. The molecule has 2 heterocycles. The van der Waals surface area contributed by atoms with Gasteiger partial charge in [0.1, 0.15) is 24.2 Å². The van der Waals surface area contributed by atoms with Crippen LogP contribution in [0.4, 0.5) is 22.8 Å². The summed E-state index contributed by atoms with van der Waals surface area (Å²) in [6, 6.07) is 6.86. The van der Waals surface area contributed by atoms with Crippen LogP contribution in [0.1, 0.15) is 55.2 Å². The fourth-order valence-electron chi connectivity index (χ4n) is 5.87. The van der Waals surface area contributed by atoms with Gasteiger partial charge in [-0.3, -0.25) is 4.90 Å². The van der Waals surface area contributed by atoms with Crippen molar-refractivity contribution >= 4 is 24.5 Å². The Morgan fingerprint density at radius 2 is 1.79 bits per heavy atom. The third-order valence-corrected chi connectivity index (χ3v) is 7.82. The van der Waals surface area contributed by atoms with E-state index < -0.39 is 29.8 Å². The van der Waals surface area contributed by atoms with Crippen LogP contribution >= 0.6 is 12.4 Å². The lowest BCUT2D eigenvalue weighted by atomic mass is 9.81. The molecule has 2 atom stereocenters. The number of hydrogen-bond donors (Lipinski definition) is 1. The number of imide groups is 1. The maximum Gasteiger partial charge on any atom is 0.418 e. The molecule has 7 nitrogen and oxygen atoms in total. The van der Waals surface area contributed by atoms with E-state index in [0.29, 0.717) is 29.8 Å². The van der Waals surface area contributed by atoms with E-state index in [2.05, 4.69) is 10.2 Å². The Kier molecular flexibility index (Phi) is 8.72. The van der Waals surface area contributed by atoms with Crippen molar-refractivity contribution in [2.75, 3.05) is 26.8 Å². The number of hydrogen-bond acceptors (Lipinski definition) is 5. The summed E-state index contributed by atoms with van der Waals surface area (Å²) in [5.74, 6) is -1.44. The predicted molar refractivity (Wildman–Crippen MR) is 136 cm³/mol. The van der Waals surface area contributed by atoms with Crippen molar-refractivity contribution in [1.82, 2.24) is 15.1 Å². The van der Waals surface area contributed by atoms with Gasteiger partial charge in [0.05, 0.1) is 7.11 Å². The number of cyclic esters (lactones) is 1. The standard InChI is InChI=1S/C27H30F3N3O4.ClH/c1-36-25-13-18(28)5-8-21(25)16-2-6-20(7-3-16)32-11-10-19(14-32)31-26(34)33-24(15-37-27(33)35)17-4-9-22(29)23(30)12-17;/h4-5,8-9,12-13,16,19-20,24H,2-3,6-7,10-11,14-15H2,1H3,(H,31,34);1H/t16?,19?,20?,24-;/m1./s1. The van der Waals surface area contributed by atoms with E-state index in [1.807, 2.05) is 6.07 Å². The second kappa shape index (κ2) is 11.8. The normalized spacial score (nSPS) is 25.6. The van der Waals surface area contributed by atoms with Gasteiger partial charge in [0.25, 0.3) is 0 Å². The lowest BCUT2D eigenvalue weighted by Crippen LogP contribution is -2.47. The third-order valence-electron chi connectivity index (χ3n) is 7.82. The van der Waals surface area contributed by atoms with Crippen LogP contribution in [0, 0.1) is 17.5 Å². The molecular weight excluding hydrogens is 523 g/mol. The van der Waals surface area contributed by atoms with E-state index in [-0.39, 0.29) is 30.9 Å². The molecule has 5 rings (SSSR count). The third kappa shape index (κ3) is 5.71. The summed E-state index contributed by atoms with van der Waals surface area (Å²) in [6.45, 7) is 1.38. The maximum absolute atomic E-state index is 13.7. The van der Waals surface area contributed by atoms with Crippen molar-refractivity contribution in [1.29, 1.82) is 0 Å². The first-order chi connectivity index (χ1) is 17.8. The zero-order valence-electron chi connectivity index (χ0n) is 21.0. The molecule has 1 unspecified atom stereocenters. The molecule has 0 aromatic heterocycles. The van der Waals surface area contributed by atoms with Crippen LogP contribution in [-0.4, -0.2) is 60.8 Å². The smallest absolute Gasteiger partial charge is 0.418 e. The van der Waals surface area contributed by atoms with Gasteiger partial charge in [-0.25, -0.2) is 27.7 Å². The molecule has 1 N–H and O–H groups in total. The van der Waals surface area contributed by atoms with Crippen LogP contribution in [0.2, 0.25) is 0 Å². The number of methoxy groups -OCH3 is 1. The number of nitrogens with zero attached hydrogens (tertiary/aromatic N) is 2. The number of rotatable bonds is 5. The summed E-state index contributed by atoms with van der Waals surface area (Å²) in [6.07, 6.45) is 3.85. The van der Waals surface area contributed by atoms with E-state index in [1.165, 1.54) is 18.2 Å². The molecule has 0 bridgehead atoms. The van der Waals surface area contributed by atoms with E-state index in [4.69, 9.17) is 9.47 Å². The molecule has 1 aliphatic carbocycles. The van der Waals surface area contributed by atoms with Crippen LogP contribution in [0.3, 0.4) is 0 Å². The molecule has 0 radical (unpaired) electrons. The number of likely N-dealkylation sites (tertiary alicyclic amines) is 1. The minimum absolute atomic E-state index is 0. The average Bonchev–Trinajstić information content (AvgIpc) is 3.52. The Morgan fingerprint density at radius 3 is 2.50 bits per heavy atom. The Bertz CT molecular complexity index is 1180. The Hall–Kier alpha value is -2.98. The van der Waals surface area contributed by atoms with Crippen LogP contribution in [0.5, 0.6) is 5.75 Å². The number of benzene rings is 2. The van der Waals surface area contributed by atoms with Gasteiger partial charge in [-0.1, -0.05) is 12.1 Å². The van der Waals surface area contributed by atoms with Gasteiger partial charge in [-0.05, 0) is 67.3 Å². The number of carbonyl (C=O) groups excluding carboxylic acids is 2. The number of halogens is 4. The monoisotopic (exact) mass is 553 g/mol. The fourth-order valence-corrected chi connectivity index (χ4v) is 5.87. The van der Waals surface area contributed by atoms with Gasteiger partial charge in [0.2, 0.25) is 0 Å². The quantitative estimate of drug-likeness (QED) is 0.526. The van der Waals surface area contributed by atoms with Crippen LogP contribution in [0.25, 0.3) is 0 Å². The summed E-state index contributed by atoms with van der Waals surface area (Å²) in [4.78, 5) is 28.6. The summed E-state index contributed by atoms with van der Waals surface area (Å²) < 4.78 is 51.1. The lowest BCUT2D eigenvalue weighted by Gasteiger charge is -2.35. The molecular formula is C27H31ClF3N3O4. The minimum atomic E-state index is -1.05. The predicted octanol–water partition coefficient (Wildman–Crippen LogP) is 5.54. The van der Waals surface area contributed by atoms with E-state index in [9.17, 15) is 22.8 Å². The summed E-state index contributed by atoms with van der Waals surface area (Å²) in [5, 5.41) is 2.93. The van der Waals surface area contributed by atoms with Gasteiger partial charge in [-0.15, -0.1) is 12.4 Å². The summed E-state index contributed by atoms with van der Waals surface area (Å²) >= 11 is 0. The zero-order valence-corrected chi connectivity index (χ0v) is 21.8. The number of amides is 3. The SMILES string of the molecule is COc1cc(F)ccc1C1CCC(N2CCC(NC(=O)N3C(=O)OC[C@@H]3c3ccc(F)c(F)c3)C2)CC1.Cl. The van der Waals surface area contributed by atoms with E-state index >= 15 is 0 Å². The van der Waals surface area contributed by atoms with Gasteiger partial charge in [0.15, 0.2) is 11.6 Å². The number of ether oxygens (including phenoxy) is 2. The Morgan fingerprint density at radius 1 is 1.03 bits per heavy atom. The fraction of sp³-hybridized carbons (Fsp3) is 0.481. The molecule has 3 aliphatic rings. The van der Waals surface area contributed by atoms with Crippen molar-refractivity contribution < 1.29 is 32.2 Å². The Balaban J connectivity index is 0.00000336. The van der Waals surface area contributed by atoms with Crippen LogP contribution in [-0.2, 0) is 4.74 Å². The van der Waals surface area contributed by atoms with Gasteiger partial charge < -0.3 is 14.8 Å².